The first kappa shape index (κ1) is 14.0. The van der Waals surface area contributed by atoms with Crippen LogP contribution in [0.1, 0.15) is 12.0 Å². The highest BCUT2D eigenvalue weighted by Gasteiger charge is 2.03. The largest absolute Gasteiger partial charge is 0.481 e. The van der Waals surface area contributed by atoms with Crippen LogP contribution >= 0.6 is 24.0 Å². The summed E-state index contributed by atoms with van der Waals surface area (Å²) in [7, 11) is 1.62. The Balaban J connectivity index is 0.00000144. The van der Waals surface area contributed by atoms with E-state index in [9.17, 15) is 0 Å². The molecule has 1 aliphatic rings. The van der Waals surface area contributed by atoms with Crippen LogP contribution < -0.4 is 15.4 Å². The van der Waals surface area contributed by atoms with Gasteiger partial charge in [0, 0.05) is 31.9 Å². The zero-order valence-corrected chi connectivity index (χ0v) is 12.1. The van der Waals surface area contributed by atoms with E-state index in [-0.39, 0.29) is 24.0 Å². The average Bonchev–Trinajstić information content (AvgIpc) is 2.38. The van der Waals surface area contributed by atoms with Crippen LogP contribution in [0.4, 0.5) is 0 Å². The van der Waals surface area contributed by atoms with Crippen molar-refractivity contribution in [1.29, 1.82) is 0 Å². The van der Waals surface area contributed by atoms with Gasteiger partial charge in [0.25, 0.3) is 0 Å². The predicted octanol–water partition coefficient (Wildman–Crippen LogP) is 1.15. The summed E-state index contributed by atoms with van der Waals surface area (Å²) in [5.41, 5.74) is 1.13. The number of rotatable bonds is 3. The van der Waals surface area contributed by atoms with Crippen LogP contribution in [-0.4, -0.2) is 31.1 Å². The van der Waals surface area contributed by atoms with Crippen LogP contribution in [0, 0.1) is 0 Å². The second-order valence-electron chi connectivity index (χ2n) is 3.57. The fourth-order valence-electron chi connectivity index (χ4n) is 1.51. The summed E-state index contributed by atoms with van der Waals surface area (Å²) in [6, 6.07) is 3.87. The molecule has 0 saturated heterocycles. The maximum atomic E-state index is 5.06. The summed E-state index contributed by atoms with van der Waals surface area (Å²) in [5.74, 6) is 1.51. The molecule has 1 aromatic rings. The number of ether oxygens (including phenoxy) is 1. The molecule has 0 radical (unpaired) electrons. The standard InChI is InChI=1S/C11H16N4O.HI/c1-16-10-7-9(3-6-12-10)8-15-11-13-4-2-5-14-11;/h3,6-7H,2,4-5,8H2,1H3,(H2,13,14,15);1H. The summed E-state index contributed by atoms with van der Waals surface area (Å²) < 4.78 is 5.06. The van der Waals surface area contributed by atoms with E-state index in [0.717, 1.165) is 37.6 Å². The van der Waals surface area contributed by atoms with Gasteiger partial charge in [-0.2, -0.15) is 0 Å². The van der Waals surface area contributed by atoms with Gasteiger partial charge in [0.1, 0.15) is 0 Å². The molecule has 2 rings (SSSR count). The Morgan fingerprint density at radius 1 is 1.53 bits per heavy atom. The highest BCUT2D eigenvalue weighted by atomic mass is 127. The summed E-state index contributed by atoms with van der Waals surface area (Å²) in [5, 5.41) is 6.45. The molecule has 0 unspecified atom stereocenters. The number of aromatic nitrogens is 1. The fraction of sp³-hybridized carbons (Fsp3) is 0.455. The molecule has 94 valence electrons. The van der Waals surface area contributed by atoms with Crippen molar-refractivity contribution in [3.63, 3.8) is 0 Å². The van der Waals surface area contributed by atoms with Gasteiger partial charge < -0.3 is 15.4 Å². The van der Waals surface area contributed by atoms with Crippen molar-refractivity contribution in [2.45, 2.75) is 13.0 Å². The normalized spacial score (nSPS) is 14.1. The first-order chi connectivity index (χ1) is 7.88. The van der Waals surface area contributed by atoms with Gasteiger partial charge in [0.2, 0.25) is 5.88 Å². The third-order valence-electron chi connectivity index (χ3n) is 2.37. The molecule has 1 aromatic heterocycles. The summed E-state index contributed by atoms with van der Waals surface area (Å²) in [6.45, 7) is 2.62. The molecular formula is C11H17IN4O. The maximum absolute atomic E-state index is 5.06. The molecule has 0 spiro atoms. The Morgan fingerprint density at radius 3 is 3.12 bits per heavy atom. The van der Waals surface area contributed by atoms with Crippen LogP contribution in [0.3, 0.4) is 0 Å². The third kappa shape index (κ3) is 4.37. The molecule has 5 nitrogen and oxygen atoms in total. The summed E-state index contributed by atoms with van der Waals surface area (Å²) >= 11 is 0. The number of aliphatic imine (C=N–C) groups is 1. The van der Waals surface area contributed by atoms with Crippen LogP contribution in [-0.2, 0) is 6.54 Å². The second kappa shape index (κ2) is 7.31. The molecule has 0 aromatic carbocycles. The van der Waals surface area contributed by atoms with E-state index < -0.39 is 0 Å². The molecule has 1 aliphatic heterocycles. The van der Waals surface area contributed by atoms with Crippen LogP contribution in [0.5, 0.6) is 5.88 Å². The number of halogens is 1. The van der Waals surface area contributed by atoms with Crippen molar-refractivity contribution in [2.75, 3.05) is 20.2 Å². The van der Waals surface area contributed by atoms with Gasteiger partial charge in [-0.25, -0.2) is 4.98 Å². The lowest BCUT2D eigenvalue weighted by molar-refractivity contribution is 0.397. The summed E-state index contributed by atoms with van der Waals surface area (Å²) in [6.07, 6.45) is 2.85. The molecule has 17 heavy (non-hydrogen) atoms. The molecule has 2 heterocycles. The van der Waals surface area contributed by atoms with Gasteiger partial charge in [-0.1, -0.05) is 0 Å². The molecule has 0 bridgehead atoms. The van der Waals surface area contributed by atoms with E-state index in [0.29, 0.717) is 5.88 Å². The number of guanidine groups is 1. The highest BCUT2D eigenvalue weighted by Crippen LogP contribution is 2.07. The molecule has 2 N–H and O–H groups in total. The topological polar surface area (TPSA) is 58.5 Å². The number of hydrogen-bond acceptors (Lipinski definition) is 5. The highest BCUT2D eigenvalue weighted by molar-refractivity contribution is 14.0. The van der Waals surface area contributed by atoms with Gasteiger partial charge in [-0.15, -0.1) is 24.0 Å². The lowest BCUT2D eigenvalue weighted by Crippen LogP contribution is -2.40. The van der Waals surface area contributed by atoms with Crippen LogP contribution in [0.15, 0.2) is 23.3 Å². The molecule has 0 atom stereocenters. The Labute approximate surface area is 118 Å². The SMILES string of the molecule is COc1cc(CNC2=NCCCN2)ccn1.I. The third-order valence-corrected chi connectivity index (χ3v) is 2.37. The lowest BCUT2D eigenvalue weighted by atomic mass is 10.2. The maximum Gasteiger partial charge on any atom is 0.213 e. The minimum Gasteiger partial charge on any atom is -0.481 e. The number of methoxy groups -OCH3 is 1. The first-order valence-corrected chi connectivity index (χ1v) is 5.39. The van der Waals surface area contributed by atoms with Crippen molar-refractivity contribution >= 4 is 29.9 Å². The molecular weight excluding hydrogens is 331 g/mol. The van der Waals surface area contributed by atoms with E-state index in [1.54, 1.807) is 13.3 Å². The second-order valence-corrected chi connectivity index (χ2v) is 3.57. The number of nitrogens with one attached hydrogen (secondary N) is 2. The number of pyridine rings is 1. The number of hydrogen-bond donors (Lipinski definition) is 2. The van der Waals surface area contributed by atoms with Gasteiger partial charge in [0.05, 0.1) is 7.11 Å². The zero-order valence-electron chi connectivity index (χ0n) is 9.77. The van der Waals surface area contributed by atoms with E-state index in [1.165, 1.54) is 0 Å². The van der Waals surface area contributed by atoms with E-state index in [1.807, 2.05) is 12.1 Å². The van der Waals surface area contributed by atoms with E-state index in [2.05, 4.69) is 20.6 Å². The number of nitrogens with zero attached hydrogens (tertiary/aromatic N) is 2. The van der Waals surface area contributed by atoms with Gasteiger partial charge in [0.15, 0.2) is 5.96 Å². The zero-order chi connectivity index (χ0) is 11.2. The summed E-state index contributed by atoms with van der Waals surface area (Å²) in [4.78, 5) is 8.39. The Hall–Kier alpha value is -1.05. The van der Waals surface area contributed by atoms with Crippen LogP contribution in [0.2, 0.25) is 0 Å². The predicted molar refractivity (Wildman–Crippen MR) is 78.0 cm³/mol. The van der Waals surface area contributed by atoms with Crippen LogP contribution in [0.25, 0.3) is 0 Å². The Kier molecular flexibility index (Phi) is 6.03. The van der Waals surface area contributed by atoms with E-state index in [4.69, 9.17) is 4.74 Å². The minimum absolute atomic E-state index is 0. The van der Waals surface area contributed by atoms with Crippen molar-refractivity contribution < 1.29 is 4.74 Å². The van der Waals surface area contributed by atoms with Crippen molar-refractivity contribution in [3.8, 4) is 5.88 Å². The smallest absolute Gasteiger partial charge is 0.213 e. The lowest BCUT2D eigenvalue weighted by Gasteiger charge is -2.16. The molecule has 0 saturated carbocycles. The Bertz CT molecular complexity index is 383. The quantitative estimate of drug-likeness (QED) is 0.805. The molecule has 0 amide bonds. The Morgan fingerprint density at radius 2 is 2.41 bits per heavy atom. The molecule has 0 aliphatic carbocycles. The van der Waals surface area contributed by atoms with Crippen molar-refractivity contribution in [1.82, 2.24) is 15.6 Å². The van der Waals surface area contributed by atoms with Crippen molar-refractivity contribution in [2.24, 2.45) is 4.99 Å². The first-order valence-electron chi connectivity index (χ1n) is 5.39. The van der Waals surface area contributed by atoms with E-state index >= 15 is 0 Å². The fourth-order valence-corrected chi connectivity index (χ4v) is 1.51. The monoisotopic (exact) mass is 348 g/mol. The average molecular weight is 348 g/mol. The minimum atomic E-state index is 0. The van der Waals surface area contributed by atoms with Gasteiger partial charge in [-0.05, 0) is 18.1 Å². The van der Waals surface area contributed by atoms with Gasteiger partial charge >= 0.3 is 0 Å². The molecule has 6 heteroatoms. The molecule has 0 fully saturated rings. The van der Waals surface area contributed by atoms with Crippen molar-refractivity contribution in [3.05, 3.63) is 23.9 Å². The van der Waals surface area contributed by atoms with Gasteiger partial charge in [-0.3, -0.25) is 4.99 Å².